The van der Waals surface area contributed by atoms with Gasteiger partial charge < -0.3 is 10.3 Å². The number of fused-ring (bicyclic) bond motifs is 1. The van der Waals surface area contributed by atoms with Gasteiger partial charge in [0.1, 0.15) is 0 Å². The quantitative estimate of drug-likeness (QED) is 0.546. The van der Waals surface area contributed by atoms with Gasteiger partial charge in [0.25, 0.3) is 0 Å². The molecule has 5 nitrogen and oxygen atoms in total. The van der Waals surface area contributed by atoms with E-state index in [1.165, 1.54) is 0 Å². The largest absolute Gasteiger partial charge is 0.352 e. The third kappa shape index (κ3) is 3.88. The van der Waals surface area contributed by atoms with Crippen LogP contribution in [0.1, 0.15) is 16.7 Å². The number of nitrogens with zero attached hydrogens (tertiary/aromatic N) is 1. The van der Waals surface area contributed by atoms with E-state index in [1.54, 1.807) is 4.57 Å². The van der Waals surface area contributed by atoms with Gasteiger partial charge in [-0.05, 0) is 22.8 Å². The molecule has 140 valence electrons. The molecule has 0 radical (unpaired) electrons. The van der Waals surface area contributed by atoms with Crippen molar-refractivity contribution >= 4 is 16.9 Å². The maximum atomic E-state index is 12.5. The first-order valence-corrected chi connectivity index (χ1v) is 9.25. The van der Waals surface area contributed by atoms with Gasteiger partial charge in [-0.3, -0.25) is 9.36 Å². The van der Waals surface area contributed by atoms with Gasteiger partial charge >= 0.3 is 5.69 Å². The molecule has 4 rings (SSSR count). The molecule has 28 heavy (non-hydrogen) atoms. The van der Waals surface area contributed by atoms with Crippen LogP contribution in [0.25, 0.3) is 11.0 Å². The van der Waals surface area contributed by atoms with Crippen LogP contribution in [0.15, 0.2) is 83.7 Å². The summed E-state index contributed by atoms with van der Waals surface area (Å²) in [5.41, 5.74) is 4.28. The van der Waals surface area contributed by atoms with Crippen molar-refractivity contribution in [2.45, 2.75) is 19.5 Å². The topological polar surface area (TPSA) is 66.9 Å². The second-order valence-electron chi connectivity index (χ2n) is 6.75. The monoisotopic (exact) mass is 371 g/mol. The fourth-order valence-electron chi connectivity index (χ4n) is 3.39. The van der Waals surface area contributed by atoms with E-state index in [1.807, 2.05) is 78.9 Å². The summed E-state index contributed by atoms with van der Waals surface area (Å²) in [6, 6.07) is 25.3. The third-order valence-electron chi connectivity index (χ3n) is 4.74. The van der Waals surface area contributed by atoms with Gasteiger partial charge in [0.2, 0.25) is 5.91 Å². The maximum absolute atomic E-state index is 12.5. The predicted molar refractivity (Wildman–Crippen MR) is 110 cm³/mol. The lowest BCUT2D eigenvalue weighted by Gasteiger charge is -2.09. The third-order valence-corrected chi connectivity index (χ3v) is 4.74. The van der Waals surface area contributed by atoms with Gasteiger partial charge in [-0.2, -0.15) is 0 Å². The molecule has 0 aliphatic carbocycles. The molecular formula is C23H21N3O2. The highest BCUT2D eigenvalue weighted by Crippen LogP contribution is 2.18. The summed E-state index contributed by atoms with van der Waals surface area (Å²) in [6.07, 6.45) is 0.219. The van der Waals surface area contributed by atoms with Gasteiger partial charge in [-0.15, -0.1) is 0 Å². The van der Waals surface area contributed by atoms with Crippen LogP contribution in [-0.4, -0.2) is 15.5 Å². The first-order valence-electron chi connectivity index (χ1n) is 9.25. The van der Waals surface area contributed by atoms with Crippen LogP contribution in [0.4, 0.5) is 0 Å². The van der Waals surface area contributed by atoms with Crippen molar-refractivity contribution in [3.8, 4) is 0 Å². The molecule has 0 fully saturated rings. The van der Waals surface area contributed by atoms with E-state index < -0.39 is 0 Å². The molecule has 0 saturated heterocycles. The van der Waals surface area contributed by atoms with Crippen LogP contribution < -0.4 is 11.0 Å². The zero-order valence-electron chi connectivity index (χ0n) is 15.4. The average molecular weight is 371 g/mol. The van der Waals surface area contributed by atoms with Crippen molar-refractivity contribution in [2.75, 3.05) is 0 Å². The summed E-state index contributed by atoms with van der Waals surface area (Å²) in [4.78, 5) is 27.9. The molecule has 3 aromatic carbocycles. The van der Waals surface area contributed by atoms with Crippen LogP contribution in [0.3, 0.4) is 0 Å². The van der Waals surface area contributed by atoms with E-state index >= 15 is 0 Å². The van der Waals surface area contributed by atoms with Gasteiger partial charge in [0, 0.05) is 6.54 Å². The fraction of sp³-hybridized carbons (Fsp3) is 0.130. The number of hydrogen-bond donors (Lipinski definition) is 2. The van der Waals surface area contributed by atoms with Crippen LogP contribution in [0, 0.1) is 0 Å². The van der Waals surface area contributed by atoms with Crippen molar-refractivity contribution in [2.24, 2.45) is 0 Å². The lowest BCUT2D eigenvalue weighted by molar-refractivity contribution is -0.120. The molecule has 0 aliphatic heterocycles. The van der Waals surface area contributed by atoms with Crippen molar-refractivity contribution in [1.29, 1.82) is 0 Å². The first kappa shape index (κ1) is 17.8. The fourth-order valence-corrected chi connectivity index (χ4v) is 3.39. The Kier molecular flexibility index (Phi) is 5.06. The number of amides is 1. The van der Waals surface area contributed by atoms with Crippen molar-refractivity contribution in [3.63, 3.8) is 0 Å². The molecule has 1 amide bonds. The Morgan fingerprint density at radius 2 is 1.54 bits per heavy atom. The second-order valence-corrected chi connectivity index (χ2v) is 6.75. The average Bonchev–Trinajstić information content (AvgIpc) is 3.04. The van der Waals surface area contributed by atoms with E-state index in [9.17, 15) is 9.59 Å². The zero-order valence-corrected chi connectivity index (χ0v) is 15.4. The van der Waals surface area contributed by atoms with Crippen LogP contribution in [-0.2, 0) is 24.3 Å². The minimum absolute atomic E-state index is 0.0729. The Bertz CT molecular complexity index is 1140. The normalized spacial score (nSPS) is 10.9. The number of carbonyl (C=O) groups excluding carboxylic acids is 1. The van der Waals surface area contributed by atoms with Crippen molar-refractivity contribution < 1.29 is 4.79 Å². The lowest BCUT2D eigenvalue weighted by Crippen LogP contribution is -2.25. The van der Waals surface area contributed by atoms with Gasteiger partial charge in [0.05, 0.1) is 24.0 Å². The SMILES string of the molecule is O=C(Cc1cccc2[nH]c(=O)n(Cc3ccccc3)c12)NCc1ccccc1. The summed E-state index contributed by atoms with van der Waals surface area (Å²) in [5.74, 6) is -0.0729. The van der Waals surface area contributed by atoms with Gasteiger partial charge in [-0.25, -0.2) is 4.79 Å². The molecule has 5 heteroatoms. The first-order chi connectivity index (χ1) is 13.7. The minimum atomic E-state index is -0.170. The molecule has 1 aromatic heterocycles. The van der Waals surface area contributed by atoms with Gasteiger partial charge in [-0.1, -0.05) is 72.8 Å². The number of benzene rings is 3. The Morgan fingerprint density at radius 1 is 0.857 bits per heavy atom. The standard InChI is InChI=1S/C23H21N3O2/c27-21(24-15-17-8-3-1-4-9-17)14-19-12-7-13-20-22(19)26(23(28)25-20)16-18-10-5-2-6-11-18/h1-13H,14-16H2,(H,24,27)(H,25,28). The maximum Gasteiger partial charge on any atom is 0.326 e. The summed E-state index contributed by atoms with van der Waals surface area (Å²) >= 11 is 0. The zero-order chi connectivity index (χ0) is 19.3. The molecule has 2 N–H and O–H groups in total. The number of nitrogens with one attached hydrogen (secondary N) is 2. The van der Waals surface area contributed by atoms with Crippen LogP contribution >= 0.6 is 0 Å². The highest BCUT2D eigenvalue weighted by molar-refractivity contribution is 5.86. The van der Waals surface area contributed by atoms with Crippen LogP contribution in [0.2, 0.25) is 0 Å². The van der Waals surface area contributed by atoms with E-state index in [0.717, 1.165) is 27.7 Å². The lowest BCUT2D eigenvalue weighted by atomic mass is 10.1. The summed E-state index contributed by atoms with van der Waals surface area (Å²) in [6.45, 7) is 0.946. The predicted octanol–water partition coefficient (Wildman–Crippen LogP) is 3.24. The highest BCUT2D eigenvalue weighted by Gasteiger charge is 2.14. The minimum Gasteiger partial charge on any atom is -0.352 e. The summed E-state index contributed by atoms with van der Waals surface area (Å²) in [5, 5.41) is 2.95. The molecule has 0 saturated carbocycles. The molecular weight excluding hydrogens is 350 g/mol. The van der Waals surface area contributed by atoms with E-state index in [0.29, 0.717) is 13.1 Å². The number of aromatic amines is 1. The van der Waals surface area contributed by atoms with E-state index in [4.69, 9.17) is 0 Å². The Balaban J connectivity index is 1.58. The Morgan fingerprint density at radius 3 is 2.25 bits per heavy atom. The summed E-state index contributed by atoms with van der Waals surface area (Å²) in [7, 11) is 0. The number of imidazole rings is 1. The molecule has 0 unspecified atom stereocenters. The molecule has 0 spiro atoms. The molecule has 0 aliphatic rings. The van der Waals surface area contributed by atoms with Gasteiger partial charge in [0.15, 0.2) is 0 Å². The Labute approximate surface area is 162 Å². The number of carbonyl (C=O) groups is 1. The number of para-hydroxylation sites is 1. The Hall–Kier alpha value is -3.60. The summed E-state index contributed by atoms with van der Waals surface area (Å²) < 4.78 is 1.70. The van der Waals surface area contributed by atoms with Crippen LogP contribution in [0.5, 0.6) is 0 Å². The van der Waals surface area contributed by atoms with Crippen molar-refractivity contribution in [1.82, 2.24) is 14.9 Å². The number of H-pyrrole nitrogens is 1. The van der Waals surface area contributed by atoms with E-state index in [2.05, 4.69) is 10.3 Å². The number of hydrogen-bond acceptors (Lipinski definition) is 2. The van der Waals surface area contributed by atoms with E-state index in [-0.39, 0.29) is 18.0 Å². The molecule has 1 heterocycles. The van der Waals surface area contributed by atoms with Crippen molar-refractivity contribution in [3.05, 3.63) is 106 Å². The number of rotatable bonds is 6. The number of aromatic nitrogens is 2. The molecule has 0 bridgehead atoms. The molecule has 4 aromatic rings. The second kappa shape index (κ2) is 7.96. The molecule has 0 atom stereocenters. The highest BCUT2D eigenvalue weighted by atomic mass is 16.2. The smallest absolute Gasteiger partial charge is 0.326 e.